The maximum Gasteiger partial charge on any atom is 0.275 e. The molecule has 7 heteroatoms. The number of carbonyl (C=O) groups is 1. The first kappa shape index (κ1) is 18.9. The standard InChI is InChI=1S/C22H19N3O3S/c1-28-18-10-5-2-7-15(18)13-23-20(26)14-25-22(27)17-9-4-3-8-16(17)21(24-25)19-11-6-12-29-19/h2-12H,13-14H2,1H3,(H,23,26). The Hall–Kier alpha value is -3.45. The van der Waals surface area contributed by atoms with Crippen LogP contribution < -0.4 is 15.6 Å². The lowest BCUT2D eigenvalue weighted by molar-refractivity contribution is -0.122. The molecule has 0 saturated carbocycles. The quantitative estimate of drug-likeness (QED) is 0.533. The molecule has 0 fully saturated rings. The van der Waals surface area contributed by atoms with E-state index in [9.17, 15) is 9.59 Å². The third kappa shape index (κ3) is 3.90. The SMILES string of the molecule is COc1ccccc1CNC(=O)Cn1nc(-c2cccs2)c2ccccc2c1=O. The van der Waals surface area contributed by atoms with Crippen molar-refractivity contribution in [2.75, 3.05) is 7.11 Å². The predicted molar refractivity (Wildman–Crippen MR) is 114 cm³/mol. The van der Waals surface area contributed by atoms with Crippen LogP contribution in [0.2, 0.25) is 0 Å². The molecule has 0 saturated heterocycles. The molecule has 1 amide bonds. The fourth-order valence-electron chi connectivity index (χ4n) is 3.17. The van der Waals surface area contributed by atoms with Crippen LogP contribution in [0.1, 0.15) is 5.56 Å². The summed E-state index contributed by atoms with van der Waals surface area (Å²) >= 11 is 1.54. The van der Waals surface area contributed by atoms with E-state index in [4.69, 9.17) is 4.74 Å². The van der Waals surface area contributed by atoms with Crippen molar-refractivity contribution in [1.82, 2.24) is 15.1 Å². The highest BCUT2D eigenvalue weighted by atomic mass is 32.1. The van der Waals surface area contributed by atoms with Gasteiger partial charge in [0.1, 0.15) is 18.0 Å². The average molecular weight is 405 g/mol. The molecule has 0 bridgehead atoms. The number of amides is 1. The number of carbonyl (C=O) groups excluding carboxylic acids is 1. The Labute approximate surface area is 171 Å². The van der Waals surface area contributed by atoms with Gasteiger partial charge in [-0.05, 0) is 23.6 Å². The Morgan fingerprint density at radius 1 is 1.07 bits per heavy atom. The minimum Gasteiger partial charge on any atom is -0.496 e. The number of fused-ring (bicyclic) bond motifs is 1. The summed E-state index contributed by atoms with van der Waals surface area (Å²) in [5, 5.41) is 10.6. The van der Waals surface area contributed by atoms with Gasteiger partial charge in [0.2, 0.25) is 5.91 Å². The number of thiophene rings is 1. The molecule has 29 heavy (non-hydrogen) atoms. The lowest BCUT2D eigenvalue weighted by Crippen LogP contribution is -2.33. The summed E-state index contributed by atoms with van der Waals surface area (Å²) in [5.74, 6) is 0.409. The summed E-state index contributed by atoms with van der Waals surface area (Å²) in [7, 11) is 1.59. The molecule has 2 aromatic heterocycles. The smallest absolute Gasteiger partial charge is 0.275 e. The summed E-state index contributed by atoms with van der Waals surface area (Å²) in [6, 6.07) is 18.7. The second-order valence-corrected chi connectivity index (χ2v) is 7.37. The Morgan fingerprint density at radius 3 is 2.59 bits per heavy atom. The molecule has 1 N–H and O–H groups in total. The third-order valence-corrected chi connectivity index (χ3v) is 5.46. The topological polar surface area (TPSA) is 73.2 Å². The molecular formula is C22H19N3O3S. The van der Waals surface area contributed by atoms with Crippen molar-refractivity contribution in [1.29, 1.82) is 0 Å². The van der Waals surface area contributed by atoms with Crippen LogP contribution in [-0.2, 0) is 17.9 Å². The van der Waals surface area contributed by atoms with Gasteiger partial charge in [-0.15, -0.1) is 11.3 Å². The van der Waals surface area contributed by atoms with Crippen molar-refractivity contribution >= 4 is 28.0 Å². The average Bonchev–Trinajstić information content (AvgIpc) is 3.29. The number of rotatable bonds is 6. The van der Waals surface area contributed by atoms with Crippen LogP contribution in [0.25, 0.3) is 21.3 Å². The lowest BCUT2D eigenvalue weighted by atomic mass is 10.1. The maximum atomic E-state index is 12.9. The van der Waals surface area contributed by atoms with E-state index in [1.807, 2.05) is 60.0 Å². The van der Waals surface area contributed by atoms with Gasteiger partial charge >= 0.3 is 0 Å². The molecule has 0 aliphatic heterocycles. The van der Waals surface area contributed by atoms with Gasteiger partial charge in [0.05, 0.1) is 17.4 Å². The van der Waals surface area contributed by atoms with Crippen LogP contribution in [0.3, 0.4) is 0 Å². The van der Waals surface area contributed by atoms with Gasteiger partial charge < -0.3 is 10.1 Å². The molecule has 0 aliphatic rings. The largest absolute Gasteiger partial charge is 0.496 e. The molecule has 4 aromatic rings. The van der Waals surface area contributed by atoms with Crippen LogP contribution in [0, 0.1) is 0 Å². The number of methoxy groups -OCH3 is 1. The van der Waals surface area contributed by atoms with Crippen LogP contribution in [0.4, 0.5) is 0 Å². The molecule has 0 atom stereocenters. The predicted octanol–water partition coefficient (Wildman–Crippen LogP) is 3.45. The van der Waals surface area contributed by atoms with Crippen molar-refractivity contribution in [3.05, 3.63) is 82.0 Å². The molecule has 0 spiro atoms. The highest BCUT2D eigenvalue weighted by Gasteiger charge is 2.15. The minimum absolute atomic E-state index is 0.156. The van der Waals surface area contributed by atoms with Gasteiger partial charge in [-0.3, -0.25) is 9.59 Å². The van der Waals surface area contributed by atoms with Crippen molar-refractivity contribution in [2.24, 2.45) is 0 Å². The lowest BCUT2D eigenvalue weighted by Gasteiger charge is -2.12. The summed E-state index contributed by atoms with van der Waals surface area (Å²) in [6.45, 7) is 0.153. The Bertz CT molecular complexity index is 1220. The van der Waals surface area contributed by atoms with Gasteiger partial charge in [-0.25, -0.2) is 4.68 Å². The second kappa shape index (κ2) is 8.28. The Morgan fingerprint density at radius 2 is 1.83 bits per heavy atom. The Kier molecular flexibility index (Phi) is 5.39. The van der Waals surface area contributed by atoms with Crippen molar-refractivity contribution in [3.8, 4) is 16.3 Å². The zero-order chi connectivity index (χ0) is 20.2. The molecular weight excluding hydrogens is 386 g/mol. The highest BCUT2D eigenvalue weighted by molar-refractivity contribution is 7.13. The first-order chi connectivity index (χ1) is 14.2. The molecule has 0 unspecified atom stereocenters. The second-order valence-electron chi connectivity index (χ2n) is 6.42. The van der Waals surface area contributed by atoms with Crippen molar-refractivity contribution in [2.45, 2.75) is 13.1 Å². The van der Waals surface area contributed by atoms with Crippen molar-refractivity contribution < 1.29 is 9.53 Å². The third-order valence-electron chi connectivity index (χ3n) is 4.58. The van der Waals surface area contributed by atoms with Gasteiger partial charge in [-0.1, -0.05) is 42.5 Å². The molecule has 4 rings (SSSR count). The van der Waals surface area contributed by atoms with Gasteiger partial charge in [0.25, 0.3) is 5.56 Å². The van der Waals surface area contributed by atoms with E-state index in [1.165, 1.54) is 4.68 Å². The van der Waals surface area contributed by atoms with E-state index in [0.717, 1.165) is 15.8 Å². The van der Waals surface area contributed by atoms with E-state index < -0.39 is 0 Å². The van der Waals surface area contributed by atoms with E-state index in [1.54, 1.807) is 24.5 Å². The number of hydrogen-bond acceptors (Lipinski definition) is 5. The van der Waals surface area contributed by atoms with Gasteiger partial charge in [0.15, 0.2) is 0 Å². The van der Waals surface area contributed by atoms with E-state index in [-0.39, 0.29) is 18.0 Å². The zero-order valence-corrected chi connectivity index (χ0v) is 16.6. The van der Waals surface area contributed by atoms with E-state index in [2.05, 4.69) is 10.4 Å². The molecule has 2 aromatic carbocycles. The monoisotopic (exact) mass is 405 g/mol. The molecule has 0 aliphatic carbocycles. The number of hydrogen-bond donors (Lipinski definition) is 1. The minimum atomic E-state index is -0.294. The van der Waals surface area contributed by atoms with Gasteiger partial charge in [-0.2, -0.15) is 5.10 Å². The number of aromatic nitrogens is 2. The van der Waals surface area contributed by atoms with E-state index in [0.29, 0.717) is 23.4 Å². The van der Waals surface area contributed by atoms with Gasteiger partial charge in [0, 0.05) is 17.5 Å². The molecule has 0 radical (unpaired) electrons. The molecule has 2 heterocycles. The fourth-order valence-corrected chi connectivity index (χ4v) is 3.90. The molecule has 146 valence electrons. The normalized spacial score (nSPS) is 10.8. The number of ether oxygens (including phenoxy) is 1. The van der Waals surface area contributed by atoms with Crippen molar-refractivity contribution in [3.63, 3.8) is 0 Å². The number of nitrogens with zero attached hydrogens (tertiary/aromatic N) is 2. The fraction of sp³-hybridized carbons (Fsp3) is 0.136. The first-order valence-corrected chi connectivity index (χ1v) is 9.97. The Balaban J connectivity index is 1.62. The zero-order valence-electron chi connectivity index (χ0n) is 15.8. The first-order valence-electron chi connectivity index (χ1n) is 9.09. The van der Waals surface area contributed by atoms with Crippen LogP contribution in [0.15, 0.2) is 70.8 Å². The van der Waals surface area contributed by atoms with Crippen LogP contribution >= 0.6 is 11.3 Å². The summed E-state index contributed by atoms with van der Waals surface area (Å²) < 4.78 is 6.53. The molecule has 6 nitrogen and oxygen atoms in total. The number of para-hydroxylation sites is 1. The number of benzene rings is 2. The summed E-state index contributed by atoms with van der Waals surface area (Å²) in [4.78, 5) is 26.3. The number of nitrogens with one attached hydrogen (secondary N) is 1. The van der Waals surface area contributed by atoms with Crippen LogP contribution in [-0.4, -0.2) is 22.8 Å². The maximum absolute atomic E-state index is 12.9. The highest BCUT2D eigenvalue weighted by Crippen LogP contribution is 2.28. The van der Waals surface area contributed by atoms with E-state index >= 15 is 0 Å². The summed E-state index contributed by atoms with van der Waals surface area (Å²) in [5.41, 5.74) is 1.28. The summed E-state index contributed by atoms with van der Waals surface area (Å²) in [6.07, 6.45) is 0. The van der Waals surface area contributed by atoms with Crippen LogP contribution in [0.5, 0.6) is 5.75 Å².